The van der Waals surface area contributed by atoms with E-state index in [4.69, 9.17) is 4.74 Å². The average molecular weight is 268 g/mol. The summed E-state index contributed by atoms with van der Waals surface area (Å²) in [6, 6.07) is 13.6. The van der Waals surface area contributed by atoms with Crippen LogP contribution in [0.5, 0.6) is 11.6 Å². The Labute approximate surface area is 117 Å². The zero-order valence-corrected chi connectivity index (χ0v) is 11.3. The Kier molecular flexibility index (Phi) is 3.39. The van der Waals surface area contributed by atoms with E-state index < -0.39 is 0 Å². The van der Waals surface area contributed by atoms with Gasteiger partial charge in [-0.2, -0.15) is 4.98 Å². The van der Waals surface area contributed by atoms with Gasteiger partial charge >= 0.3 is 0 Å². The number of ether oxygens (including phenoxy) is 1. The van der Waals surface area contributed by atoms with Crippen LogP contribution in [-0.2, 0) is 13.0 Å². The Balaban J connectivity index is 2.06. The molecule has 4 nitrogen and oxygen atoms in total. The molecule has 0 bridgehead atoms. The van der Waals surface area contributed by atoms with E-state index >= 15 is 0 Å². The van der Waals surface area contributed by atoms with Gasteiger partial charge in [0.05, 0.1) is 6.61 Å². The van der Waals surface area contributed by atoms with Crippen LogP contribution in [0.25, 0.3) is 5.65 Å². The third-order valence-corrected chi connectivity index (χ3v) is 3.30. The number of nitrogens with zero attached hydrogens (tertiary/aromatic N) is 2. The van der Waals surface area contributed by atoms with E-state index in [1.807, 2.05) is 53.1 Å². The Morgan fingerprint density at radius 1 is 1.15 bits per heavy atom. The second-order valence-corrected chi connectivity index (χ2v) is 4.51. The van der Waals surface area contributed by atoms with Crippen LogP contribution < -0.4 is 4.74 Å². The SMILES string of the molecule is CCc1ccccc1Oc1nc2ccccn2c1CO. The van der Waals surface area contributed by atoms with Gasteiger partial charge < -0.3 is 9.84 Å². The maximum absolute atomic E-state index is 9.57. The minimum atomic E-state index is -0.116. The second-order valence-electron chi connectivity index (χ2n) is 4.51. The molecule has 0 fully saturated rings. The van der Waals surface area contributed by atoms with Crippen LogP contribution in [-0.4, -0.2) is 14.5 Å². The minimum Gasteiger partial charge on any atom is -0.437 e. The van der Waals surface area contributed by atoms with Crippen molar-refractivity contribution < 1.29 is 9.84 Å². The fourth-order valence-corrected chi connectivity index (χ4v) is 2.25. The van der Waals surface area contributed by atoms with Crippen molar-refractivity contribution in [2.24, 2.45) is 0 Å². The van der Waals surface area contributed by atoms with Gasteiger partial charge in [-0.25, -0.2) is 0 Å². The van der Waals surface area contributed by atoms with Gasteiger partial charge in [-0.3, -0.25) is 4.40 Å². The van der Waals surface area contributed by atoms with Gasteiger partial charge in [-0.1, -0.05) is 31.2 Å². The summed E-state index contributed by atoms with van der Waals surface area (Å²) in [6.07, 6.45) is 2.75. The third-order valence-electron chi connectivity index (χ3n) is 3.30. The molecule has 0 aliphatic heterocycles. The number of rotatable bonds is 4. The molecule has 0 aliphatic rings. The van der Waals surface area contributed by atoms with E-state index in [2.05, 4.69) is 11.9 Å². The van der Waals surface area contributed by atoms with Crippen LogP contribution >= 0.6 is 0 Å². The van der Waals surface area contributed by atoms with Gasteiger partial charge in [0, 0.05) is 6.20 Å². The molecule has 0 saturated carbocycles. The van der Waals surface area contributed by atoms with Crippen molar-refractivity contribution in [2.45, 2.75) is 20.0 Å². The molecule has 0 amide bonds. The number of para-hydroxylation sites is 1. The molecular formula is C16H16N2O2. The van der Waals surface area contributed by atoms with Crippen LogP contribution in [0.1, 0.15) is 18.2 Å². The Bertz CT molecular complexity index is 734. The third kappa shape index (κ3) is 2.14. The van der Waals surface area contributed by atoms with Crippen molar-refractivity contribution >= 4 is 5.65 Å². The van der Waals surface area contributed by atoms with E-state index in [0.29, 0.717) is 11.6 Å². The summed E-state index contributed by atoms with van der Waals surface area (Å²) in [5.74, 6) is 1.24. The van der Waals surface area contributed by atoms with E-state index in [0.717, 1.165) is 23.4 Å². The molecule has 20 heavy (non-hydrogen) atoms. The zero-order valence-electron chi connectivity index (χ0n) is 11.3. The molecule has 1 aromatic carbocycles. The van der Waals surface area contributed by atoms with Gasteiger partial charge in [0.15, 0.2) is 0 Å². The number of pyridine rings is 1. The summed E-state index contributed by atoms with van der Waals surface area (Å²) in [5, 5.41) is 9.57. The number of aromatic nitrogens is 2. The minimum absolute atomic E-state index is 0.116. The predicted octanol–water partition coefficient (Wildman–Crippen LogP) is 3.18. The first-order valence-corrected chi connectivity index (χ1v) is 6.66. The lowest BCUT2D eigenvalue weighted by Crippen LogP contribution is -1.96. The zero-order chi connectivity index (χ0) is 13.9. The van der Waals surface area contributed by atoms with Crippen molar-refractivity contribution in [2.75, 3.05) is 0 Å². The molecular weight excluding hydrogens is 252 g/mol. The van der Waals surface area contributed by atoms with Crippen LogP contribution in [0.4, 0.5) is 0 Å². The van der Waals surface area contributed by atoms with Crippen molar-refractivity contribution in [3.63, 3.8) is 0 Å². The molecule has 2 heterocycles. The number of hydrogen-bond acceptors (Lipinski definition) is 3. The van der Waals surface area contributed by atoms with Crippen LogP contribution in [0, 0.1) is 0 Å². The topological polar surface area (TPSA) is 46.8 Å². The van der Waals surface area contributed by atoms with E-state index in [9.17, 15) is 5.11 Å². The van der Waals surface area contributed by atoms with Crippen molar-refractivity contribution in [3.8, 4) is 11.6 Å². The van der Waals surface area contributed by atoms with Crippen LogP contribution in [0.3, 0.4) is 0 Å². The fourth-order valence-electron chi connectivity index (χ4n) is 2.25. The summed E-state index contributed by atoms with van der Waals surface area (Å²) in [5.41, 5.74) is 2.54. The highest BCUT2D eigenvalue weighted by atomic mass is 16.5. The fraction of sp³-hybridized carbons (Fsp3) is 0.188. The number of aryl methyl sites for hydroxylation is 1. The van der Waals surface area contributed by atoms with E-state index in [-0.39, 0.29) is 6.61 Å². The molecule has 4 heteroatoms. The summed E-state index contributed by atoms with van der Waals surface area (Å²) in [4.78, 5) is 4.43. The first kappa shape index (κ1) is 12.7. The molecule has 0 unspecified atom stereocenters. The lowest BCUT2D eigenvalue weighted by molar-refractivity contribution is 0.269. The molecule has 0 saturated heterocycles. The van der Waals surface area contributed by atoms with E-state index in [1.165, 1.54) is 0 Å². The molecule has 0 radical (unpaired) electrons. The first-order valence-electron chi connectivity index (χ1n) is 6.66. The lowest BCUT2D eigenvalue weighted by atomic mass is 10.1. The number of aliphatic hydroxyl groups is 1. The quantitative estimate of drug-likeness (QED) is 0.790. The molecule has 0 spiro atoms. The monoisotopic (exact) mass is 268 g/mol. The van der Waals surface area contributed by atoms with Gasteiger partial charge in [0.25, 0.3) is 0 Å². The van der Waals surface area contributed by atoms with Crippen molar-refractivity contribution in [1.82, 2.24) is 9.38 Å². The maximum atomic E-state index is 9.57. The predicted molar refractivity (Wildman–Crippen MR) is 77.0 cm³/mol. The molecule has 102 valence electrons. The highest BCUT2D eigenvalue weighted by Crippen LogP contribution is 2.28. The Hall–Kier alpha value is -2.33. The number of benzene rings is 1. The standard InChI is InChI=1S/C16H16N2O2/c1-2-12-7-3-4-8-14(12)20-16-13(11-19)18-10-6-5-9-15(18)17-16/h3-10,19H,2,11H2,1H3. The summed E-state index contributed by atoms with van der Waals surface area (Å²) < 4.78 is 7.75. The molecule has 0 aliphatic carbocycles. The molecule has 3 rings (SSSR count). The summed E-state index contributed by atoms with van der Waals surface area (Å²) in [6.45, 7) is 1.97. The molecule has 3 aromatic rings. The van der Waals surface area contributed by atoms with Crippen LogP contribution in [0.2, 0.25) is 0 Å². The second kappa shape index (κ2) is 5.35. The maximum Gasteiger partial charge on any atom is 0.243 e. The Morgan fingerprint density at radius 2 is 1.95 bits per heavy atom. The van der Waals surface area contributed by atoms with Gasteiger partial charge in [-0.15, -0.1) is 0 Å². The molecule has 2 aromatic heterocycles. The van der Waals surface area contributed by atoms with Gasteiger partial charge in [-0.05, 0) is 30.2 Å². The highest BCUT2D eigenvalue weighted by molar-refractivity contribution is 5.47. The first-order chi connectivity index (χ1) is 9.83. The van der Waals surface area contributed by atoms with Crippen molar-refractivity contribution in [1.29, 1.82) is 0 Å². The Morgan fingerprint density at radius 3 is 2.75 bits per heavy atom. The normalized spacial score (nSPS) is 10.9. The highest BCUT2D eigenvalue weighted by Gasteiger charge is 2.14. The lowest BCUT2D eigenvalue weighted by Gasteiger charge is -2.08. The number of imidazole rings is 1. The largest absolute Gasteiger partial charge is 0.437 e. The van der Waals surface area contributed by atoms with Crippen LogP contribution in [0.15, 0.2) is 48.7 Å². The summed E-state index contributed by atoms with van der Waals surface area (Å²) >= 11 is 0. The molecule has 1 N–H and O–H groups in total. The number of fused-ring (bicyclic) bond motifs is 1. The van der Waals surface area contributed by atoms with Crippen molar-refractivity contribution in [3.05, 3.63) is 59.9 Å². The van der Waals surface area contributed by atoms with Gasteiger partial charge in [0.1, 0.15) is 17.1 Å². The van der Waals surface area contributed by atoms with E-state index in [1.54, 1.807) is 0 Å². The summed E-state index contributed by atoms with van der Waals surface area (Å²) in [7, 11) is 0. The number of aliphatic hydroxyl groups excluding tert-OH is 1. The smallest absolute Gasteiger partial charge is 0.243 e. The average Bonchev–Trinajstić information content (AvgIpc) is 2.85. The molecule has 0 atom stereocenters. The number of hydrogen-bond donors (Lipinski definition) is 1. The van der Waals surface area contributed by atoms with Gasteiger partial charge in [0.2, 0.25) is 5.88 Å².